The van der Waals surface area contributed by atoms with Crippen molar-refractivity contribution in [1.82, 2.24) is 0 Å². The van der Waals surface area contributed by atoms with E-state index in [1.807, 2.05) is 12.2 Å². The van der Waals surface area contributed by atoms with Crippen molar-refractivity contribution in [2.24, 2.45) is 0 Å². The summed E-state index contributed by atoms with van der Waals surface area (Å²) in [7, 11) is -4.77. The maximum Gasteiger partial charge on any atom is 0.472 e. The number of allylic oxidation sites excluding steroid dienone is 13. The molecule has 0 amide bonds. The Morgan fingerprint density at radius 3 is 1.20 bits per heavy atom. The zero-order chi connectivity index (χ0) is 54.1. The maximum absolute atomic E-state index is 12.9. The third-order valence-electron chi connectivity index (χ3n) is 12.3. The molecule has 3 atom stereocenters. The molecule has 0 aromatic carbocycles. The molecule has 0 spiro atoms. The second-order valence-corrected chi connectivity index (χ2v) is 20.9. The van der Waals surface area contributed by atoms with Crippen LogP contribution in [0.25, 0.3) is 0 Å². The van der Waals surface area contributed by atoms with Gasteiger partial charge in [-0.1, -0.05) is 247 Å². The van der Waals surface area contributed by atoms with Gasteiger partial charge in [0, 0.05) is 12.8 Å². The summed E-state index contributed by atoms with van der Waals surface area (Å²) in [5, 5.41) is 9.80. The van der Waals surface area contributed by atoms with Gasteiger partial charge in [-0.05, 0) is 70.6 Å². The molecule has 0 aliphatic carbocycles. The minimum atomic E-state index is -4.77. The van der Waals surface area contributed by atoms with Gasteiger partial charge in [0.1, 0.15) is 12.7 Å². The van der Waals surface area contributed by atoms with E-state index in [1.165, 1.54) is 96.3 Å². The fourth-order valence-corrected chi connectivity index (χ4v) is 8.66. The number of carbonyl (C=O) groups is 3. The van der Waals surface area contributed by atoms with Crippen molar-refractivity contribution >= 4 is 25.7 Å². The molecule has 3 unspecified atom stereocenters. The molecule has 12 heteroatoms. The minimum Gasteiger partial charge on any atom is -0.461 e. The normalized spacial score (nSPS) is 14.0. The molecular formula is C62H107O11P. The molecule has 0 bridgehead atoms. The molecule has 0 aliphatic rings. The number of hydrogen-bond acceptors (Lipinski definition) is 10. The van der Waals surface area contributed by atoms with Gasteiger partial charge in [-0.2, -0.15) is 0 Å². The predicted molar refractivity (Wildman–Crippen MR) is 307 cm³/mol. The van der Waals surface area contributed by atoms with Gasteiger partial charge in [-0.25, -0.2) is 4.57 Å². The molecule has 0 aromatic rings. The van der Waals surface area contributed by atoms with Crippen molar-refractivity contribution in [3.8, 4) is 0 Å². The van der Waals surface area contributed by atoms with E-state index in [0.717, 1.165) is 96.3 Å². The highest BCUT2D eigenvalue weighted by molar-refractivity contribution is 7.47. The van der Waals surface area contributed by atoms with E-state index in [-0.39, 0.29) is 25.9 Å². The first-order valence-corrected chi connectivity index (χ1v) is 31.0. The number of phosphoric ester groups is 1. The number of phosphoric acid groups is 1. The van der Waals surface area contributed by atoms with E-state index < -0.39 is 57.8 Å². The lowest BCUT2D eigenvalue weighted by atomic mass is 10.0. The molecule has 74 heavy (non-hydrogen) atoms. The van der Waals surface area contributed by atoms with Crippen LogP contribution in [-0.4, -0.2) is 66.5 Å². The van der Waals surface area contributed by atoms with Crippen LogP contribution in [0.5, 0.6) is 0 Å². The molecule has 0 fully saturated rings. The van der Waals surface area contributed by atoms with Gasteiger partial charge in [-0.3, -0.25) is 23.4 Å². The zero-order valence-corrected chi connectivity index (χ0v) is 47.9. The molecule has 11 nitrogen and oxygen atoms in total. The van der Waals surface area contributed by atoms with Crippen LogP contribution in [0.1, 0.15) is 252 Å². The lowest BCUT2D eigenvalue weighted by Gasteiger charge is -2.21. The highest BCUT2D eigenvalue weighted by Crippen LogP contribution is 2.43. The molecule has 426 valence electrons. The third-order valence-corrected chi connectivity index (χ3v) is 13.3. The Morgan fingerprint density at radius 1 is 0.405 bits per heavy atom. The van der Waals surface area contributed by atoms with Crippen molar-refractivity contribution in [3.63, 3.8) is 0 Å². The first-order valence-electron chi connectivity index (χ1n) is 29.5. The van der Waals surface area contributed by atoms with Gasteiger partial charge >= 0.3 is 25.7 Å². The fourth-order valence-electron chi connectivity index (χ4n) is 7.88. The van der Waals surface area contributed by atoms with Crippen LogP contribution in [0.15, 0.2) is 85.1 Å². The molecule has 0 saturated carbocycles. The number of esters is 3. The molecule has 2 N–H and O–H groups in total. The molecule has 0 aromatic heterocycles. The standard InChI is InChI=1S/C62H107O11P/c1-4-7-10-13-16-19-22-25-27-28-29-30-32-35-38-41-44-47-50-53-62(66)73-59(55-69-60(64)51-48-45-42-39-36-34-31-26-23-20-17-14-11-8-5-2)57-71-74(67,68)70-56-58(54-63)72-61(65)52-49-46-43-40-37-33-24-21-18-15-12-9-6-3/h8,11-12,15,17,20-21,24,26,31,36,39,45,48,58-59,63H,4-7,9-10,13-14,16,18-19,22-23,25,27-30,32-35,37-38,40-44,46-47,49-57H2,1-3H3,(H,67,68)/b11-8-,15-12-,20-17-,24-21-,31-26-,39-36-,48-45-. The van der Waals surface area contributed by atoms with E-state index in [4.69, 9.17) is 23.3 Å². The summed E-state index contributed by atoms with van der Waals surface area (Å²) in [4.78, 5) is 48.5. The van der Waals surface area contributed by atoms with Crippen LogP contribution in [0.2, 0.25) is 0 Å². The van der Waals surface area contributed by atoms with Gasteiger partial charge in [0.25, 0.3) is 0 Å². The average Bonchev–Trinajstić information content (AvgIpc) is 3.39. The van der Waals surface area contributed by atoms with Gasteiger partial charge in [0.05, 0.1) is 26.2 Å². The van der Waals surface area contributed by atoms with Crippen molar-refractivity contribution in [1.29, 1.82) is 0 Å². The summed E-state index contributed by atoms with van der Waals surface area (Å²) < 4.78 is 39.4. The maximum atomic E-state index is 12.9. The van der Waals surface area contributed by atoms with Crippen LogP contribution < -0.4 is 0 Å². The zero-order valence-electron chi connectivity index (χ0n) is 47.0. The Bertz CT molecular complexity index is 1560. The molecule has 0 saturated heterocycles. The highest BCUT2D eigenvalue weighted by Gasteiger charge is 2.28. The van der Waals surface area contributed by atoms with E-state index in [0.29, 0.717) is 19.3 Å². The summed E-state index contributed by atoms with van der Waals surface area (Å²) in [6, 6.07) is 0. The second kappa shape index (κ2) is 55.9. The fraction of sp³-hybridized carbons (Fsp3) is 0.726. The van der Waals surface area contributed by atoms with E-state index in [2.05, 4.69) is 87.6 Å². The Kier molecular flexibility index (Phi) is 53.4. The summed E-state index contributed by atoms with van der Waals surface area (Å²) in [6.07, 6.45) is 64.3. The lowest BCUT2D eigenvalue weighted by Crippen LogP contribution is -2.30. The molecule has 0 rings (SSSR count). The second-order valence-electron chi connectivity index (χ2n) is 19.4. The highest BCUT2D eigenvalue weighted by atomic mass is 31.2. The molecule has 0 heterocycles. The number of rotatable bonds is 54. The topological polar surface area (TPSA) is 155 Å². The third kappa shape index (κ3) is 53.5. The smallest absolute Gasteiger partial charge is 0.461 e. The van der Waals surface area contributed by atoms with Crippen LogP contribution in [-0.2, 0) is 42.2 Å². The van der Waals surface area contributed by atoms with Crippen LogP contribution >= 0.6 is 7.82 Å². The number of hydrogen-bond donors (Lipinski definition) is 2. The SMILES string of the molecule is CC/C=C\C/C=C\C/C=C\C/C=C\C/C=C\CC(=O)OCC(COP(=O)(O)OCC(CO)OC(=O)CCCCCCC/C=C\C/C=C\CCC)OC(=O)CCCCCCCCCCCCCCCCCCCCC. The van der Waals surface area contributed by atoms with Gasteiger partial charge in [-0.15, -0.1) is 0 Å². The number of aliphatic hydroxyl groups excluding tert-OH is 1. The largest absolute Gasteiger partial charge is 0.472 e. The Morgan fingerprint density at radius 2 is 0.770 bits per heavy atom. The molecule has 0 radical (unpaired) electrons. The summed E-state index contributed by atoms with van der Waals surface area (Å²) in [5.74, 6) is -1.63. The first-order chi connectivity index (χ1) is 36.2. The van der Waals surface area contributed by atoms with E-state index >= 15 is 0 Å². The molecular weight excluding hydrogens is 952 g/mol. The van der Waals surface area contributed by atoms with E-state index in [1.54, 1.807) is 6.08 Å². The quantitative estimate of drug-likeness (QED) is 0.0197. The Hall–Kier alpha value is -3.34. The average molecular weight is 1060 g/mol. The van der Waals surface area contributed by atoms with Gasteiger partial charge < -0.3 is 24.2 Å². The van der Waals surface area contributed by atoms with Gasteiger partial charge in [0.2, 0.25) is 0 Å². The molecule has 0 aliphatic heterocycles. The number of carbonyl (C=O) groups excluding carboxylic acids is 3. The number of ether oxygens (including phenoxy) is 3. The Labute approximate surface area is 451 Å². The van der Waals surface area contributed by atoms with Crippen LogP contribution in [0, 0.1) is 0 Å². The van der Waals surface area contributed by atoms with Crippen molar-refractivity contribution < 1.29 is 52.2 Å². The first kappa shape index (κ1) is 70.7. The van der Waals surface area contributed by atoms with Gasteiger partial charge in [0.15, 0.2) is 6.10 Å². The number of unbranched alkanes of at least 4 members (excludes halogenated alkanes) is 24. The minimum absolute atomic E-state index is 0.00718. The van der Waals surface area contributed by atoms with E-state index in [9.17, 15) is 28.9 Å². The van der Waals surface area contributed by atoms with Crippen molar-refractivity contribution in [3.05, 3.63) is 85.1 Å². The van der Waals surface area contributed by atoms with Crippen molar-refractivity contribution in [2.45, 2.75) is 264 Å². The Balaban J connectivity index is 4.80. The summed E-state index contributed by atoms with van der Waals surface area (Å²) in [6.45, 7) is 4.36. The lowest BCUT2D eigenvalue weighted by molar-refractivity contribution is -0.161. The van der Waals surface area contributed by atoms with Crippen LogP contribution in [0.3, 0.4) is 0 Å². The van der Waals surface area contributed by atoms with Crippen molar-refractivity contribution in [2.75, 3.05) is 26.4 Å². The number of aliphatic hydroxyl groups is 1. The predicted octanol–water partition coefficient (Wildman–Crippen LogP) is 17.5. The monoisotopic (exact) mass is 1060 g/mol. The summed E-state index contributed by atoms with van der Waals surface area (Å²) >= 11 is 0. The summed E-state index contributed by atoms with van der Waals surface area (Å²) in [5.41, 5.74) is 0. The van der Waals surface area contributed by atoms with Crippen LogP contribution in [0.4, 0.5) is 0 Å².